The number of rotatable bonds is 3. The number of aryl methyl sites for hydroxylation is 1. The van der Waals surface area contributed by atoms with E-state index in [9.17, 15) is 8.78 Å². The monoisotopic (exact) mass is 241 g/mol. The van der Waals surface area contributed by atoms with Gasteiger partial charge in [0, 0.05) is 13.1 Å². The van der Waals surface area contributed by atoms with Gasteiger partial charge in [-0.2, -0.15) is 0 Å². The Labute approximate surface area is 99.9 Å². The van der Waals surface area contributed by atoms with E-state index in [4.69, 9.17) is 0 Å². The van der Waals surface area contributed by atoms with Crippen LogP contribution in [0.3, 0.4) is 0 Å². The molecular weight excluding hydrogens is 224 g/mol. The van der Waals surface area contributed by atoms with Crippen molar-refractivity contribution in [2.45, 2.75) is 26.2 Å². The number of hydrogen-bond acceptors (Lipinski definition) is 3. The molecule has 0 unspecified atom stereocenters. The van der Waals surface area contributed by atoms with Gasteiger partial charge in [-0.05, 0) is 25.2 Å². The van der Waals surface area contributed by atoms with Crippen LogP contribution in [0.1, 0.15) is 25.5 Å². The molecule has 1 saturated heterocycles. The first kappa shape index (κ1) is 12.2. The van der Waals surface area contributed by atoms with Gasteiger partial charge in [0.25, 0.3) is 0 Å². The highest BCUT2D eigenvalue weighted by Crippen LogP contribution is 2.24. The zero-order valence-electron chi connectivity index (χ0n) is 9.99. The van der Waals surface area contributed by atoms with Crippen LogP contribution in [-0.4, -0.2) is 29.7 Å². The van der Waals surface area contributed by atoms with E-state index in [1.807, 2.05) is 11.8 Å². The first-order valence-corrected chi connectivity index (χ1v) is 6.06. The summed E-state index contributed by atoms with van der Waals surface area (Å²) in [5, 5.41) is 0. The third-order valence-electron chi connectivity index (χ3n) is 3.31. The van der Waals surface area contributed by atoms with Crippen molar-refractivity contribution in [1.29, 1.82) is 0 Å². The minimum atomic E-state index is -0.325. The van der Waals surface area contributed by atoms with Crippen LogP contribution in [0.4, 0.5) is 14.6 Å². The molecule has 1 aromatic heterocycles. The molecule has 0 saturated carbocycles. The molecule has 2 heterocycles. The molecule has 17 heavy (non-hydrogen) atoms. The van der Waals surface area contributed by atoms with Crippen molar-refractivity contribution in [3.63, 3.8) is 0 Å². The Bertz CT molecular complexity index is 376. The fourth-order valence-corrected chi connectivity index (χ4v) is 2.16. The van der Waals surface area contributed by atoms with Crippen molar-refractivity contribution in [1.82, 2.24) is 9.97 Å². The Morgan fingerprint density at radius 1 is 1.35 bits per heavy atom. The molecular formula is C12H17F2N3. The van der Waals surface area contributed by atoms with E-state index in [0.29, 0.717) is 31.0 Å². The largest absolute Gasteiger partial charge is 0.354 e. The lowest BCUT2D eigenvalue weighted by molar-refractivity contribution is 0.306. The van der Waals surface area contributed by atoms with Crippen LogP contribution in [0.5, 0.6) is 0 Å². The minimum absolute atomic E-state index is 0.127. The molecule has 94 valence electrons. The van der Waals surface area contributed by atoms with Gasteiger partial charge in [-0.15, -0.1) is 0 Å². The van der Waals surface area contributed by atoms with Crippen molar-refractivity contribution in [2.24, 2.45) is 5.92 Å². The van der Waals surface area contributed by atoms with Gasteiger partial charge in [-0.3, -0.25) is 4.39 Å². The molecule has 1 aliphatic heterocycles. The first-order chi connectivity index (χ1) is 8.26. The van der Waals surface area contributed by atoms with Gasteiger partial charge >= 0.3 is 0 Å². The Morgan fingerprint density at radius 3 is 2.65 bits per heavy atom. The summed E-state index contributed by atoms with van der Waals surface area (Å²) in [5.74, 6) is 0.171. The lowest BCUT2D eigenvalue weighted by atomic mass is 9.98. The van der Waals surface area contributed by atoms with Gasteiger partial charge in [0.15, 0.2) is 11.6 Å². The summed E-state index contributed by atoms with van der Waals surface area (Å²) in [4.78, 5) is 9.81. The van der Waals surface area contributed by atoms with Crippen molar-refractivity contribution >= 4 is 5.82 Å². The molecule has 3 nitrogen and oxygen atoms in total. The maximum absolute atomic E-state index is 14.0. The highest BCUT2D eigenvalue weighted by molar-refractivity contribution is 5.41. The Balaban J connectivity index is 2.13. The zero-order valence-corrected chi connectivity index (χ0v) is 9.99. The van der Waals surface area contributed by atoms with Gasteiger partial charge in [0.05, 0.1) is 12.4 Å². The maximum Gasteiger partial charge on any atom is 0.187 e. The predicted octanol–water partition coefficient (Wildman–Crippen LogP) is 2.36. The number of aromatic nitrogens is 2. The number of alkyl halides is 1. The molecule has 1 aromatic rings. The minimum Gasteiger partial charge on any atom is -0.354 e. The molecule has 1 aliphatic rings. The molecule has 5 heteroatoms. The average molecular weight is 241 g/mol. The Kier molecular flexibility index (Phi) is 3.86. The van der Waals surface area contributed by atoms with E-state index < -0.39 is 0 Å². The average Bonchev–Trinajstić information content (AvgIpc) is 2.39. The number of nitrogens with zero attached hydrogens (tertiary/aromatic N) is 3. The van der Waals surface area contributed by atoms with Crippen molar-refractivity contribution < 1.29 is 8.78 Å². The summed E-state index contributed by atoms with van der Waals surface area (Å²) in [7, 11) is 0. The standard InChI is InChI=1S/C12H17F2N3/c1-2-10-11(14)12(16-8-15-10)17-5-3-9(7-13)4-6-17/h8-9H,2-7H2,1H3. The quantitative estimate of drug-likeness (QED) is 0.813. The normalized spacial score (nSPS) is 17.5. The second kappa shape index (κ2) is 5.38. The van der Waals surface area contributed by atoms with Crippen LogP contribution < -0.4 is 4.90 Å². The summed E-state index contributed by atoms with van der Waals surface area (Å²) in [6, 6.07) is 0. The number of hydrogen-bond donors (Lipinski definition) is 0. The molecule has 1 fully saturated rings. The predicted molar refractivity (Wildman–Crippen MR) is 62.3 cm³/mol. The van der Waals surface area contributed by atoms with E-state index in [2.05, 4.69) is 9.97 Å². The van der Waals surface area contributed by atoms with Crippen molar-refractivity contribution in [3.8, 4) is 0 Å². The number of halogens is 2. The van der Waals surface area contributed by atoms with Crippen LogP contribution in [0, 0.1) is 11.7 Å². The van der Waals surface area contributed by atoms with Crippen molar-refractivity contribution in [3.05, 3.63) is 17.8 Å². The smallest absolute Gasteiger partial charge is 0.187 e. The van der Waals surface area contributed by atoms with E-state index in [1.165, 1.54) is 6.33 Å². The summed E-state index contributed by atoms with van der Waals surface area (Å²) in [6.07, 6.45) is 3.49. The van der Waals surface area contributed by atoms with Gasteiger partial charge in [-0.1, -0.05) is 6.92 Å². The van der Waals surface area contributed by atoms with E-state index >= 15 is 0 Å². The second-order valence-electron chi connectivity index (χ2n) is 4.40. The van der Waals surface area contributed by atoms with Crippen molar-refractivity contribution in [2.75, 3.05) is 24.7 Å². The van der Waals surface area contributed by atoms with Crippen LogP contribution in [0.2, 0.25) is 0 Å². The highest BCUT2D eigenvalue weighted by atomic mass is 19.1. The first-order valence-electron chi connectivity index (χ1n) is 6.06. The molecule has 0 radical (unpaired) electrons. The maximum atomic E-state index is 14.0. The van der Waals surface area contributed by atoms with E-state index in [1.54, 1.807) is 0 Å². The summed E-state index contributed by atoms with van der Waals surface area (Å²) < 4.78 is 26.5. The molecule has 0 amide bonds. The van der Waals surface area contributed by atoms with Gasteiger partial charge in [0.2, 0.25) is 0 Å². The van der Waals surface area contributed by atoms with E-state index in [0.717, 1.165) is 12.8 Å². The lowest BCUT2D eigenvalue weighted by Crippen LogP contribution is -2.35. The third-order valence-corrected chi connectivity index (χ3v) is 3.31. The zero-order chi connectivity index (χ0) is 12.3. The summed E-state index contributed by atoms with van der Waals surface area (Å²) in [5.41, 5.74) is 0.447. The van der Waals surface area contributed by atoms with Gasteiger partial charge in [-0.25, -0.2) is 14.4 Å². The summed E-state index contributed by atoms with van der Waals surface area (Å²) >= 11 is 0. The topological polar surface area (TPSA) is 29.0 Å². The van der Waals surface area contributed by atoms with E-state index in [-0.39, 0.29) is 18.4 Å². The molecule has 0 spiro atoms. The van der Waals surface area contributed by atoms with Gasteiger partial charge < -0.3 is 4.90 Å². The highest BCUT2D eigenvalue weighted by Gasteiger charge is 2.23. The van der Waals surface area contributed by atoms with Gasteiger partial charge in [0.1, 0.15) is 6.33 Å². The fraction of sp³-hybridized carbons (Fsp3) is 0.667. The lowest BCUT2D eigenvalue weighted by Gasteiger charge is -2.31. The third kappa shape index (κ3) is 2.53. The van der Waals surface area contributed by atoms with Crippen LogP contribution >= 0.6 is 0 Å². The number of anilines is 1. The Hall–Kier alpha value is -1.26. The Morgan fingerprint density at radius 2 is 2.06 bits per heavy atom. The van der Waals surface area contributed by atoms with Crippen LogP contribution in [0.25, 0.3) is 0 Å². The van der Waals surface area contributed by atoms with Crippen LogP contribution in [0.15, 0.2) is 6.33 Å². The second-order valence-corrected chi connectivity index (χ2v) is 4.40. The molecule has 0 aliphatic carbocycles. The SMILES string of the molecule is CCc1ncnc(N2CCC(CF)CC2)c1F. The van der Waals surface area contributed by atoms with Crippen LogP contribution in [-0.2, 0) is 6.42 Å². The molecule has 2 rings (SSSR count). The number of piperidine rings is 1. The molecule has 0 bridgehead atoms. The fourth-order valence-electron chi connectivity index (χ4n) is 2.16. The summed E-state index contributed by atoms with van der Waals surface area (Å²) in [6.45, 7) is 2.93. The molecule has 0 N–H and O–H groups in total. The molecule has 0 atom stereocenters. The molecule has 0 aromatic carbocycles.